The third kappa shape index (κ3) is 3.48. The fourth-order valence-corrected chi connectivity index (χ4v) is 3.08. The van der Waals surface area contributed by atoms with E-state index >= 15 is 0 Å². The van der Waals surface area contributed by atoms with E-state index in [2.05, 4.69) is 5.32 Å². The predicted octanol–water partition coefficient (Wildman–Crippen LogP) is 3.10. The van der Waals surface area contributed by atoms with Gasteiger partial charge in [0.15, 0.2) is 5.82 Å². The van der Waals surface area contributed by atoms with Gasteiger partial charge in [-0.3, -0.25) is 4.79 Å². The van der Waals surface area contributed by atoms with Crippen LogP contribution in [0.3, 0.4) is 0 Å². The van der Waals surface area contributed by atoms with Crippen LogP contribution >= 0.6 is 0 Å². The van der Waals surface area contributed by atoms with Crippen molar-refractivity contribution in [3.05, 3.63) is 69.8 Å². The van der Waals surface area contributed by atoms with Crippen LogP contribution in [-0.4, -0.2) is 22.2 Å². The molecule has 0 spiro atoms. The summed E-state index contributed by atoms with van der Waals surface area (Å²) in [6.07, 6.45) is 1.95. The quantitative estimate of drug-likeness (QED) is 0.580. The fraction of sp³-hybridized carbons (Fsp3) is 0.200. The van der Waals surface area contributed by atoms with Gasteiger partial charge in [0.05, 0.1) is 22.3 Å². The van der Waals surface area contributed by atoms with Gasteiger partial charge in [0.25, 0.3) is 0 Å². The first-order valence-corrected chi connectivity index (χ1v) is 8.60. The Morgan fingerprint density at radius 1 is 1.30 bits per heavy atom. The Kier molecular flexibility index (Phi) is 5.12. The summed E-state index contributed by atoms with van der Waals surface area (Å²) in [6.45, 7) is 2.69. The minimum Gasteiger partial charge on any atom is -0.477 e. The van der Waals surface area contributed by atoms with Gasteiger partial charge in [-0.15, -0.1) is 0 Å². The second kappa shape index (κ2) is 7.49. The lowest BCUT2D eigenvalue weighted by Crippen LogP contribution is -2.21. The molecular formula is C20H20FN3O3. The number of carbonyl (C=O) groups is 1. The molecule has 4 N–H and O–H groups in total. The number of hydrogen-bond acceptors (Lipinski definition) is 4. The Labute approximate surface area is 155 Å². The molecule has 0 saturated heterocycles. The monoisotopic (exact) mass is 369 g/mol. The van der Waals surface area contributed by atoms with Gasteiger partial charge in [-0.05, 0) is 25.0 Å². The highest BCUT2D eigenvalue weighted by molar-refractivity contribution is 5.99. The molecule has 0 unspecified atom stereocenters. The number of carboxylic acid groups (broad SMARTS) is 1. The minimum absolute atomic E-state index is 0.108. The Balaban J connectivity index is 2.03. The number of rotatable bonds is 6. The van der Waals surface area contributed by atoms with Crippen molar-refractivity contribution in [3.63, 3.8) is 0 Å². The molecule has 0 fully saturated rings. The molecule has 1 heterocycles. The number of pyridine rings is 1. The number of hydrogen-bond donors (Lipinski definition) is 3. The molecule has 0 aliphatic heterocycles. The first-order valence-electron chi connectivity index (χ1n) is 8.60. The molecule has 3 rings (SSSR count). The molecule has 0 saturated carbocycles. The summed E-state index contributed by atoms with van der Waals surface area (Å²) in [5.41, 5.74) is 6.00. The summed E-state index contributed by atoms with van der Waals surface area (Å²) in [5, 5.41) is 12.1. The van der Waals surface area contributed by atoms with E-state index < -0.39 is 22.8 Å². The molecule has 0 amide bonds. The molecule has 140 valence electrons. The van der Waals surface area contributed by atoms with Crippen LogP contribution in [0.25, 0.3) is 10.9 Å². The number of fused-ring (bicyclic) bond motifs is 1. The largest absolute Gasteiger partial charge is 0.477 e. The third-order valence-corrected chi connectivity index (χ3v) is 4.49. The van der Waals surface area contributed by atoms with Gasteiger partial charge in [-0.25, -0.2) is 9.18 Å². The van der Waals surface area contributed by atoms with Crippen LogP contribution in [0.1, 0.15) is 22.8 Å². The number of nitrogen functional groups attached to an aromatic ring is 1. The van der Waals surface area contributed by atoms with E-state index in [0.29, 0.717) is 25.0 Å². The van der Waals surface area contributed by atoms with E-state index in [1.165, 1.54) is 12.3 Å². The highest BCUT2D eigenvalue weighted by Gasteiger charge is 2.20. The van der Waals surface area contributed by atoms with Gasteiger partial charge in [0, 0.05) is 19.3 Å². The molecule has 0 radical (unpaired) electrons. The number of carboxylic acids is 1. The number of anilines is 2. The standard InChI is InChI=1S/C20H20FN3O3/c1-2-24-11-13(20(26)27)19(25)16-15(24)10-14(17(21)18(16)22)23-9-8-12-6-4-3-5-7-12/h3-7,10-11,23H,2,8-9,22H2,1H3,(H,26,27). The summed E-state index contributed by atoms with van der Waals surface area (Å²) >= 11 is 0. The van der Waals surface area contributed by atoms with Gasteiger partial charge in [0.2, 0.25) is 5.43 Å². The molecule has 7 heteroatoms. The van der Waals surface area contributed by atoms with Crippen molar-refractivity contribution in [2.45, 2.75) is 19.9 Å². The van der Waals surface area contributed by atoms with Crippen molar-refractivity contribution >= 4 is 28.2 Å². The van der Waals surface area contributed by atoms with E-state index in [1.807, 2.05) is 30.3 Å². The van der Waals surface area contributed by atoms with Crippen molar-refractivity contribution in [1.29, 1.82) is 0 Å². The molecule has 1 aromatic heterocycles. The Morgan fingerprint density at radius 2 is 2.00 bits per heavy atom. The molecule has 3 aromatic rings. The Morgan fingerprint density at radius 3 is 2.63 bits per heavy atom. The maximum Gasteiger partial charge on any atom is 0.341 e. The molecule has 0 atom stereocenters. The van der Waals surface area contributed by atoms with E-state index in [-0.39, 0.29) is 16.8 Å². The van der Waals surface area contributed by atoms with Crippen LogP contribution in [0.2, 0.25) is 0 Å². The van der Waals surface area contributed by atoms with Crippen molar-refractivity contribution < 1.29 is 14.3 Å². The molecule has 27 heavy (non-hydrogen) atoms. The van der Waals surface area contributed by atoms with Crippen LogP contribution in [0.15, 0.2) is 47.4 Å². The van der Waals surface area contributed by atoms with Crippen LogP contribution < -0.4 is 16.5 Å². The summed E-state index contributed by atoms with van der Waals surface area (Å²) in [5.74, 6) is -2.12. The molecule has 6 nitrogen and oxygen atoms in total. The van der Waals surface area contributed by atoms with E-state index in [1.54, 1.807) is 11.5 Å². The van der Waals surface area contributed by atoms with E-state index in [9.17, 15) is 19.1 Å². The normalized spacial score (nSPS) is 10.9. The van der Waals surface area contributed by atoms with Gasteiger partial charge >= 0.3 is 5.97 Å². The van der Waals surface area contributed by atoms with Crippen LogP contribution in [0, 0.1) is 5.82 Å². The Bertz CT molecular complexity index is 1060. The zero-order valence-electron chi connectivity index (χ0n) is 14.8. The molecule has 2 aromatic carbocycles. The fourth-order valence-electron chi connectivity index (χ4n) is 3.08. The SMILES string of the molecule is CCn1cc(C(=O)O)c(=O)c2c(N)c(F)c(NCCc3ccccc3)cc21. The van der Waals surface area contributed by atoms with Crippen molar-refractivity contribution in [1.82, 2.24) is 4.57 Å². The van der Waals surface area contributed by atoms with E-state index in [4.69, 9.17) is 5.73 Å². The van der Waals surface area contributed by atoms with Crippen molar-refractivity contribution in [2.24, 2.45) is 0 Å². The number of nitrogens with zero attached hydrogens (tertiary/aromatic N) is 1. The maximum absolute atomic E-state index is 14.7. The lowest BCUT2D eigenvalue weighted by molar-refractivity contribution is 0.0695. The number of halogens is 1. The number of benzene rings is 2. The van der Waals surface area contributed by atoms with Gasteiger partial charge in [-0.1, -0.05) is 30.3 Å². The number of nitrogens with one attached hydrogen (secondary N) is 1. The van der Waals surface area contributed by atoms with Crippen LogP contribution in [0.5, 0.6) is 0 Å². The summed E-state index contributed by atoms with van der Waals surface area (Å²) < 4.78 is 16.3. The zero-order valence-corrected chi connectivity index (χ0v) is 14.8. The molecular weight excluding hydrogens is 349 g/mol. The summed E-state index contributed by atoms with van der Waals surface area (Å²) in [6, 6.07) is 11.3. The average Bonchev–Trinajstić information content (AvgIpc) is 2.66. The average molecular weight is 369 g/mol. The minimum atomic E-state index is -1.37. The first-order chi connectivity index (χ1) is 12.9. The van der Waals surface area contributed by atoms with Gasteiger partial charge < -0.3 is 20.7 Å². The number of aromatic nitrogens is 1. The molecule has 0 aliphatic carbocycles. The maximum atomic E-state index is 14.7. The highest BCUT2D eigenvalue weighted by Crippen LogP contribution is 2.29. The highest BCUT2D eigenvalue weighted by atomic mass is 19.1. The topological polar surface area (TPSA) is 97.4 Å². The van der Waals surface area contributed by atoms with E-state index in [0.717, 1.165) is 5.56 Å². The van der Waals surface area contributed by atoms with Crippen molar-refractivity contribution in [3.8, 4) is 0 Å². The lowest BCUT2D eigenvalue weighted by Gasteiger charge is -2.16. The second-order valence-electron chi connectivity index (χ2n) is 6.17. The summed E-state index contributed by atoms with van der Waals surface area (Å²) in [4.78, 5) is 23.8. The zero-order chi connectivity index (χ0) is 19.6. The number of aromatic carboxylic acids is 1. The predicted molar refractivity (Wildman–Crippen MR) is 104 cm³/mol. The third-order valence-electron chi connectivity index (χ3n) is 4.49. The number of aryl methyl sites for hydroxylation is 1. The smallest absolute Gasteiger partial charge is 0.341 e. The Hall–Kier alpha value is -3.35. The molecule has 0 bridgehead atoms. The molecule has 0 aliphatic rings. The van der Waals surface area contributed by atoms with Crippen LogP contribution in [-0.2, 0) is 13.0 Å². The van der Waals surface area contributed by atoms with Crippen molar-refractivity contribution in [2.75, 3.05) is 17.6 Å². The summed E-state index contributed by atoms with van der Waals surface area (Å²) in [7, 11) is 0. The lowest BCUT2D eigenvalue weighted by atomic mass is 10.1. The van der Waals surface area contributed by atoms with Gasteiger partial charge in [0.1, 0.15) is 5.56 Å². The van der Waals surface area contributed by atoms with Crippen LogP contribution in [0.4, 0.5) is 15.8 Å². The first kappa shape index (κ1) is 18.4. The van der Waals surface area contributed by atoms with Gasteiger partial charge in [-0.2, -0.15) is 0 Å². The second-order valence-corrected chi connectivity index (χ2v) is 6.17. The number of nitrogens with two attached hydrogens (primary N) is 1.